The minimum absolute atomic E-state index is 0.383. The summed E-state index contributed by atoms with van der Waals surface area (Å²) in [5.41, 5.74) is 3.46. The topological polar surface area (TPSA) is 80.3 Å². The summed E-state index contributed by atoms with van der Waals surface area (Å²) in [5, 5.41) is 0. The van der Waals surface area contributed by atoms with E-state index in [2.05, 4.69) is 27.1 Å². The van der Waals surface area contributed by atoms with Crippen molar-refractivity contribution >= 4 is 22.8 Å². The number of fused-ring (bicyclic) bond motifs is 1. The van der Waals surface area contributed by atoms with Gasteiger partial charge in [-0.15, -0.1) is 0 Å². The first-order valence-electron chi connectivity index (χ1n) is 10.5. The molecule has 164 valence electrons. The number of nitrogens with zero attached hydrogens (tertiary/aromatic N) is 3. The number of nitrogens with one attached hydrogen (secondary N) is 1. The van der Waals surface area contributed by atoms with Crippen LogP contribution < -0.4 is 9.64 Å². The SMILES string of the molecule is CCN(C(=O)OC(C)(C)C)c1c[nH]c2c(Oc3ccc(-c4ccccc4)cc3)ncnc12. The molecule has 4 rings (SSSR count). The lowest BCUT2D eigenvalue weighted by atomic mass is 10.1. The second-order valence-corrected chi connectivity index (χ2v) is 8.29. The first-order chi connectivity index (χ1) is 15.4. The third kappa shape index (κ3) is 4.56. The summed E-state index contributed by atoms with van der Waals surface area (Å²) in [6.07, 6.45) is 2.72. The lowest BCUT2D eigenvalue weighted by Crippen LogP contribution is -2.36. The zero-order chi connectivity index (χ0) is 22.7. The Morgan fingerprint density at radius 1 is 1.00 bits per heavy atom. The molecule has 0 saturated carbocycles. The zero-order valence-electron chi connectivity index (χ0n) is 18.6. The van der Waals surface area contributed by atoms with Crippen molar-refractivity contribution in [2.24, 2.45) is 0 Å². The Kier molecular flexibility index (Phi) is 5.81. The summed E-state index contributed by atoms with van der Waals surface area (Å²) in [4.78, 5) is 26.0. The van der Waals surface area contributed by atoms with Crippen molar-refractivity contribution < 1.29 is 14.3 Å². The summed E-state index contributed by atoms with van der Waals surface area (Å²) >= 11 is 0. The maximum atomic E-state index is 12.7. The standard InChI is InChI=1S/C25H26N4O3/c1-5-29(24(30)32-25(2,3)4)20-15-26-22-21(20)27-16-28-23(22)31-19-13-11-18(12-14-19)17-9-7-6-8-10-17/h6-16,26H,5H2,1-4H3. The molecule has 1 N–H and O–H groups in total. The van der Waals surface area contributed by atoms with Crippen LogP contribution in [0, 0.1) is 0 Å². The van der Waals surface area contributed by atoms with Crippen LogP contribution in [-0.2, 0) is 4.74 Å². The molecule has 7 nitrogen and oxygen atoms in total. The van der Waals surface area contributed by atoms with Crippen LogP contribution in [0.4, 0.5) is 10.5 Å². The number of H-pyrrole nitrogens is 1. The van der Waals surface area contributed by atoms with Gasteiger partial charge in [-0.1, -0.05) is 42.5 Å². The molecule has 0 aliphatic rings. The second kappa shape index (κ2) is 8.70. The molecule has 2 aromatic heterocycles. The Hall–Kier alpha value is -3.87. The van der Waals surface area contributed by atoms with Gasteiger partial charge in [0.05, 0.1) is 5.69 Å². The highest BCUT2D eigenvalue weighted by Gasteiger charge is 2.25. The van der Waals surface area contributed by atoms with E-state index in [1.54, 1.807) is 6.20 Å². The van der Waals surface area contributed by atoms with Gasteiger partial charge >= 0.3 is 6.09 Å². The van der Waals surface area contributed by atoms with Crippen LogP contribution in [0.3, 0.4) is 0 Å². The average molecular weight is 431 g/mol. The van der Waals surface area contributed by atoms with Crippen molar-refractivity contribution in [2.45, 2.75) is 33.3 Å². The van der Waals surface area contributed by atoms with Gasteiger partial charge in [0.25, 0.3) is 0 Å². The summed E-state index contributed by atoms with van der Waals surface area (Å²) < 4.78 is 11.6. The van der Waals surface area contributed by atoms with Gasteiger partial charge in [-0.2, -0.15) is 4.98 Å². The number of aromatic nitrogens is 3. The van der Waals surface area contributed by atoms with Crippen molar-refractivity contribution in [3.05, 3.63) is 67.1 Å². The number of aromatic amines is 1. The van der Waals surface area contributed by atoms with Gasteiger partial charge in [0, 0.05) is 12.7 Å². The fraction of sp³-hybridized carbons (Fsp3) is 0.240. The van der Waals surface area contributed by atoms with Crippen LogP contribution in [0.1, 0.15) is 27.7 Å². The molecule has 2 aromatic carbocycles. The number of amides is 1. The predicted octanol–water partition coefficient (Wildman–Crippen LogP) is 6.18. The van der Waals surface area contributed by atoms with E-state index in [0.29, 0.717) is 34.9 Å². The maximum Gasteiger partial charge on any atom is 0.414 e. The van der Waals surface area contributed by atoms with E-state index in [0.717, 1.165) is 11.1 Å². The van der Waals surface area contributed by atoms with Gasteiger partial charge in [0.1, 0.15) is 28.7 Å². The summed E-state index contributed by atoms with van der Waals surface area (Å²) in [7, 11) is 0. The quantitative estimate of drug-likeness (QED) is 0.409. The number of rotatable bonds is 5. The molecule has 2 heterocycles. The highest BCUT2D eigenvalue weighted by molar-refractivity contribution is 6.00. The van der Waals surface area contributed by atoms with Gasteiger partial charge < -0.3 is 14.5 Å². The smallest absolute Gasteiger partial charge is 0.414 e. The summed E-state index contributed by atoms with van der Waals surface area (Å²) in [6.45, 7) is 7.83. The number of hydrogen-bond donors (Lipinski definition) is 1. The molecule has 7 heteroatoms. The first kappa shape index (κ1) is 21.4. The van der Waals surface area contributed by atoms with Crippen LogP contribution in [-0.4, -0.2) is 33.2 Å². The lowest BCUT2D eigenvalue weighted by molar-refractivity contribution is 0.0582. The fourth-order valence-corrected chi connectivity index (χ4v) is 3.36. The van der Waals surface area contributed by atoms with Crippen LogP contribution in [0.25, 0.3) is 22.2 Å². The molecule has 4 aromatic rings. The number of carbonyl (C=O) groups is 1. The molecule has 0 bridgehead atoms. The number of carbonyl (C=O) groups excluding carboxylic acids is 1. The van der Waals surface area contributed by atoms with E-state index in [1.807, 2.05) is 70.2 Å². The molecule has 0 aliphatic carbocycles. The van der Waals surface area contributed by atoms with Crippen molar-refractivity contribution in [1.82, 2.24) is 15.0 Å². The number of ether oxygens (including phenoxy) is 2. The van der Waals surface area contributed by atoms with E-state index >= 15 is 0 Å². The van der Waals surface area contributed by atoms with Crippen LogP contribution in [0.2, 0.25) is 0 Å². The molecule has 1 amide bonds. The molecule has 0 spiro atoms. The Balaban J connectivity index is 1.60. The predicted molar refractivity (Wildman–Crippen MR) is 125 cm³/mol. The molecule has 0 fully saturated rings. The van der Waals surface area contributed by atoms with E-state index in [9.17, 15) is 4.79 Å². The van der Waals surface area contributed by atoms with Crippen molar-refractivity contribution in [3.8, 4) is 22.8 Å². The van der Waals surface area contributed by atoms with E-state index < -0.39 is 11.7 Å². The number of benzene rings is 2. The van der Waals surface area contributed by atoms with Crippen LogP contribution in [0.5, 0.6) is 11.6 Å². The van der Waals surface area contributed by atoms with Gasteiger partial charge in [0.15, 0.2) is 0 Å². The average Bonchev–Trinajstić information content (AvgIpc) is 3.19. The largest absolute Gasteiger partial charge is 0.443 e. The highest BCUT2D eigenvalue weighted by Crippen LogP contribution is 2.33. The molecule has 0 radical (unpaired) electrons. The molecule has 0 aliphatic heterocycles. The molecule has 0 atom stereocenters. The van der Waals surface area contributed by atoms with Crippen molar-refractivity contribution in [1.29, 1.82) is 0 Å². The normalized spacial score (nSPS) is 11.4. The molecule has 0 saturated heterocycles. The number of hydrogen-bond acceptors (Lipinski definition) is 5. The van der Waals surface area contributed by atoms with Crippen LogP contribution >= 0.6 is 0 Å². The Labute approximate surface area is 187 Å². The van der Waals surface area contributed by atoms with E-state index in [4.69, 9.17) is 9.47 Å². The highest BCUT2D eigenvalue weighted by atomic mass is 16.6. The van der Waals surface area contributed by atoms with Gasteiger partial charge in [0.2, 0.25) is 5.88 Å². The molecular formula is C25H26N4O3. The minimum Gasteiger partial charge on any atom is -0.443 e. The first-order valence-corrected chi connectivity index (χ1v) is 10.5. The zero-order valence-corrected chi connectivity index (χ0v) is 18.6. The van der Waals surface area contributed by atoms with Crippen molar-refractivity contribution in [3.63, 3.8) is 0 Å². The third-order valence-electron chi connectivity index (χ3n) is 4.81. The number of anilines is 1. The Morgan fingerprint density at radius 2 is 1.69 bits per heavy atom. The lowest BCUT2D eigenvalue weighted by Gasteiger charge is -2.25. The molecular weight excluding hydrogens is 404 g/mol. The van der Waals surface area contributed by atoms with Gasteiger partial charge in [-0.05, 0) is 51.0 Å². The maximum absolute atomic E-state index is 12.7. The van der Waals surface area contributed by atoms with Crippen molar-refractivity contribution in [2.75, 3.05) is 11.4 Å². The van der Waals surface area contributed by atoms with E-state index in [1.165, 1.54) is 11.2 Å². The third-order valence-corrected chi connectivity index (χ3v) is 4.81. The van der Waals surface area contributed by atoms with Gasteiger partial charge in [-0.3, -0.25) is 4.90 Å². The monoisotopic (exact) mass is 430 g/mol. The Bertz CT molecular complexity index is 1210. The molecule has 32 heavy (non-hydrogen) atoms. The second-order valence-electron chi connectivity index (χ2n) is 8.29. The van der Waals surface area contributed by atoms with E-state index in [-0.39, 0.29) is 0 Å². The fourth-order valence-electron chi connectivity index (χ4n) is 3.36. The summed E-state index contributed by atoms with van der Waals surface area (Å²) in [5.74, 6) is 1.04. The van der Waals surface area contributed by atoms with Gasteiger partial charge in [-0.25, -0.2) is 9.78 Å². The minimum atomic E-state index is -0.591. The summed E-state index contributed by atoms with van der Waals surface area (Å²) in [6, 6.07) is 18.0. The molecule has 0 unspecified atom stereocenters. The Morgan fingerprint density at radius 3 is 2.34 bits per heavy atom. The van der Waals surface area contributed by atoms with Crippen LogP contribution in [0.15, 0.2) is 67.1 Å².